The summed E-state index contributed by atoms with van der Waals surface area (Å²) in [6, 6.07) is 3.30. The van der Waals surface area contributed by atoms with Gasteiger partial charge in [0.1, 0.15) is 5.82 Å². The molecule has 0 aliphatic heterocycles. The second-order valence-electron chi connectivity index (χ2n) is 4.13. The summed E-state index contributed by atoms with van der Waals surface area (Å²) >= 11 is 0. The van der Waals surface area contributed by atoms with Crippen LogP contribution in [0.2, 0.25) is 0 Å². The summed E-state index contributed by atoms with van der Waals surface area (Å²) < 4.78 is 51.4. The summed E-state index contributed by atoms with van der Waals surface area (Å²) in [6.45, 7) is 2.12. The first-order valence-corrected chi connectivity index (χ1v) is 4.98. The van der Waals surface area contributed by atoms with Crippen molar-refractivity contribution in [2.75, 3.05) is 5.32 Å². The normalized spacial score (nSPS) is 15.0. The van der Waals surface area contributed by atoms with Crippen LogP contribution in [0.3, 0.4) is 0 Å². The van der Waals surface area contributed by atoms with Crippen molar-refractivity contribution in [3.63, 3.8) is 0 Å². The highest BCUT2D eigenvalue weighted by Crippen LogP contribution is 2.33. The fourth-order valence-electron chi connectivity index (χ4n) is 1.37. The molecule has 100 valence electrons. The molecule has 3 N–H and O–H groups in total. The van der Waals surface area contributed by atoms with Gasteiger partial charge in [-0.1, -0.05) is 0 Å². The van der Waals surface area contributed by atoms with Crippen LogP contribution in [-0.4, -0.2) is 17.6 Å². The minimum Gasteiger partial charge on any atom is -0.367 e. The summed E-state index contributed by atoms with van der Waals surface area (Å²) in [4.78, 5) is 11.0. The number of benzene rings is 1. The van der Waals surface area contributed by atoms with Gasteiger partial charge in [-0.15, -0.1) is 0 Å². The van der Waals surface area contributed by atoms with E-state index in [1.165, 1.54) is 13.0 Å². The van der Waals surface area contributed by atoms with Crippen molar-refractivity contribution in [2.45, 2.75) is 25.6 Å². The molecule has 7 heteroatoms. The Bertz CT molecular complexity index is 452. The minimum absolute atomic E-state index is 0.161. The maximum absolute atomic E-state index is 13.1. The highest BCUT2D eigenvalue weighted by molar-refractivity contribution is 5.88. The minimum atomic E-state index is -4.89. The Hall–Kier alpha value is -1.79. The molecule has 1 amide bonds. The van der Waals surface area contributed by atoms with E-state index in [1.807, 2.05) is 5.32 Å². The number of amides is 1. The van der Waals surface area contributed by atoms with E-state index in [4.69, 9.17) is 5.73 Å². The van der Waals surface area contributed by atoms with Crippen molar-refractivity contribution in [2.24, 2.45) is 5.73 Å². The molecular weight excluding hydrogens is 252 g/mol. The van der Waals surface area contributed by atoms with E-state index in [2.05, 4.69) is 0 Å². The number of nitrogens with one attached hydrogen (secondary N) is 1. The molecule has 1 rings (SSSR count). The number of carbonyl (C=O) groups excluding carboxylic acids is 1. The summed E-state index contributed by atoms with van der Waals surface area (Å²) in [5.41, 5.74) is 2.08. The number of primary amides is 1. The molecule has 1 aromatic carbocycles. The van der Waals surface area contributed by atoms with Gasteiger partial charge in [0, 0.05) is 5.69 Å². The van der Waals surface area contributed by atoms with Crippen LogP contribution >= 0.6 is 0 Å². The maximum Gasteiger partial charge on any atom is 0.420 e. The van der Waals surface area contributed by atoms with E-state index in [0.29, 0.717) is 12.5 Å². The highest BCUT2D eigenvalue weighted by Gasteiger charge is 2.56. The number of hydrogen-bond donors (Lipinski definition) is 2. The van der Waals surface area contributed by atoms with Gasteiger partial charge in [0.15, 0.2) is 0 Å². The van der Waals surface area contributed by atoms with Crippen LogP contribution in [0.15, 0.2) is 18.2 Å². The second-order valence-corrected chi connectivity index (χ2v) is 4.13. The molecule has 3 nitrogen and oxygen atoms in total. The van der Waals surface area contributed by atoms with Crippen LogP contribution in [0.5, 0.6) is 0 Å². The quantitative estimate of drug-likeness (QED) is 0.823. The van der Waals surface area contributed by atoms with Gasteiger partial charge in [-0.3, -0.25) is 4.79 Å². The van der Waals surface area contributed by atoms with E-state index >= 15 is 0 Å². The number of carbonyl (C=O) groups is 1. The Morgan fingerprint density at radius 1 is 1.28 bits per heavy atom. The molecule has 0 fully saturated rings. The fraction of sp³-hybridized carbons (Fsp3) is 0.364. The third kappa shape index (κ3) is 2.72. The number of anilines is 1. The molecule has 0 radical (unpaired) electrons. The van der Waals surface area contributed by atoms with Crippen LogP contribution in [0.4, 0.5) is 23.2 Å². The Morgan fingerprint density at radius 2 is 1.83 bits per heavy atom. The fourth-order valence-corrected chi connectivity index (χ4v) is 1.37. The molecular formula is C11H12F4N2O. The molecule has 0 aliphatic rings. The van der Waals surface area contributed by atoms with Crippen LogP contribution < -0.4 is 11.1 Å². The number of alkyl halides is 3. The van der Waals surface area contributed by atoms with Crippen molar-refractivity contribution >= 4 is 11.6 Å². The van der Waals surface area contributed by atoms with Crippen molar-refractivity contribution in [3.8, 4) is 0 Å². The predicted molar refractivity (Wildman–Crippen MR) is 58.4 cm³/mol. The van der Waals surface area contributed by atoms with E-state index in [0.717, 1.165) is 12.1 Å². The van der Waals surface area contributed by atoms with Crippen molar-refractivity contribution < 1.29 is 22.4 Å². The van der Waals surface area contributed by atoms with E-state index < -0.39 is 23.4 Å². The van der Waals surface area contributed by atoms with Crippen LogP contribution in [0, 0.1) is 12.7 Å². The summed E-state index contributed by atoms with van der Waals surface area (Å²) in [6.07, 6.45) is -4.89. The third-order valence-electron chi connectivity index (χ3n) is 2.50. The monoisotopic (exact) mass is 264 g/mol. The molecule has 0 spiro atoms. The third-order valence-corrected chi connectivity index (χ3v) is 2.50. The van der Waals surface area contributed by atoms with Gasteiger partial charge >= 0.3 is 6.18 Å². The Morgan fingerprint density at radius 3 is 2.22 bits per heavy atom. The average molecular weight is 264 g/mol. The molecule has 1 aromatic rings. The summed E-state index contributed by atoms with van der Waals surface area (Å²) in [7, 11) is 0. The lowest BCUT2D eigenvalue weighted by Gasteiger charge is -2.30. The van der Waals surface area contributed by atoms with E-state index in [1.54, 1.807) is 0 Å². The van der Waals surface area contributed by atoms with Gasteiger partial charge < -0.3 is 11.1 Å². The molecule has 0 aliphatic carbocycles. The van der Waals surface area contributed by atoms with Gasteiger partial charge in [0.2, 0.25) is 5.54 Å². The zero-order valence-electron chi connectivity index (χ0n) is 9.73. The molecule has 0 aromatic heterocycles. The topological polar surface area (TPSA) is 55.1 Å². The highest BCUT2D eigenvalue weighted by atomic mass is 19.4. The zero-order valence-corrected chi connectivity index (χ0v) is 9.73. The number of halogens is 4. The SMILES string of the molecule is Cc1cc(F)cc(NC(C)(C(N)=O)C(F)(F)F)c1. The average Bonchev–Trinajstić information content (AvgIpc) is 2.13. The smallest absolute Gasteiger partial charge is 0.367 e. The zero-order chi connectivity index (χ0) is 14.1. The largest absolute Gasteiger partial charge is 0.420 e. The Labute approximate surface area is 101 Å². The standard InChI is InChI=1S/C11H12F4N2O/c1-6-3-7(12)5-8(4-6)17-10(2,9(16)18)11(13,14)15/h3-5,17H,1-2H3,(H2,16,18). The molecule has 18 heavy (non-hydrogen) atoms. The van der Waals surface area contributed by atoms with Crippen molar-refractivity contribution in [1.82, 2.24) is 0 Å². The number of aryl methyl sites for hydroxylation is 1. The van der Waals surface area contributed by atoms with Crippen LogP contribution in [0.25, 0.3) is 0 Å². The molecule has 1 atom stereocenters. The first-order chi connectivity index (χ1) is 8.06. The molecule has 1 unspecified atom stereocenters. The molecule has 0 saturated carbocycles. The van der Waals surface area contributed by atoms with Gasteiger partial charge in [-0.2, -0.15) is 13.2 Å². The van der Waals surface area contributed by atoms with E-state index in [-0.39, 0.29) is 5.69 Å². The lowest BCUT2D eigenvalue weighted by atomic mass is 10.00. The van der Waals surface area contributed by atoms with Gasteiger partial charge in [0.05, 0.1) is 0 Å². The molecule has 0 heterocycles. The van der Waals surface area contributed by atoms with Gasteiger partial charge in [-0.05, 0) is 37.6 Å². The molecule has 0 bridgehead atoms. The Balaban J connectivity index is 3.16. The Kier molecular flexibility index (Phi) is 3.54. The van der Waals surface area contributed by atoms with Gasteiger partial charge in [0.25, 0.3) is 5.91 Å². The maximum atomic E-state index is 13.1. The van der Waals surface area contributed by atoms with Crippen molar-refractivity contribution in [3.05, 3.63) is 29.6 Å². The summed E-state index contributed by atoms with van der Waals surface area (Å²) in [5.74, 6) is -2.29. The van der Waals surface area contributed by atoms with Crippen molar-refractivity contribution in [1.29, 1.82) is 0 Å². The summed E-state index contributed by atoms with van der Waals surface area (Å²) in [5, 5.41) is 1.94. The van der Waals surface area contributed by atoms with E-state index in [9.17, 15) is 22.4 Å². The number of rotatable bonds is 3. The number of hydrogen-bond acceptors (Lipinski definition) is 2. The lowest BCUT2D eigenvalue weighted by molar-refractivity contribution is -0.180. The second kappa shape index (κ2) is 4.47. The van der Waals surface area contributed by atoms with Crippen LogP contribution in [-0.2, 0) is 4.79 Å². The number of nitrogens with two attached hydrogens (primary N) is 1. The molecule has 0 saturated heterocycles. The first-order valence-electron chi connectivity index (χ1n) is 4.98. The lowest BCUT2D eigenvalue weighted by Crippen LogP contribution is -2.58. The predicted octanol–water partition coefficient (Wildman–Crippen LogP) is 2.35. The van der Waals surface area contributed by atoms with Gasteiger partial charge in [-0.25, -0.2) is 4.39 Å². The van der Waals surface area contributed by atoms with Crippen LogP contribution in [0.1, 0.15) is 12.5 Å². The first kappa shape index (κ1) is 14.3.